The minimum absolute atomic E-state index is 0.00677. The number of rotatable bonds is 19. The standard InChI is InChI=1S/C24H23F2N3O4S.C22H21N3O4S.C20H22N2O5S.C19H20N2O4S/c1-14-11-19(29-10-9-27-23(30)22(14)29)17-13-16(34(31,32)28-24(2,3)4)6-8-20(17)33-21-7-5-15(25)12-18(21)26;1-15-13-19(25-12-11-24(2)22(26)21(15)25)18-14-16(23-30(3,27)28)9-10-20(18)29-17-7-5-4-6-8-17;1-13-11-17(22-8-7-21-20(23)19(13)22)16-12-15(28(2,24)25)3-4-18(16)27-14-5-9-26-10-6-14;1-12-9-16(21-8-7-20-19(22)18(12)21)15-10-14(26(2,23)24)5-6-17(15)25-11-13-3-4-13/h5-13,28H,1-4H3,(H,27,30);4-14,23H,1-3H3;3-4,7-8,11-12,14H,5-6,9-10H2,1-2H3,(H,21,23);5-10,13H,3-4,11H2,1-2H3,(H,20,22). The van der Waals surface area contributed by atoms with Crippen LogP contribution in [0.2, 0.25) is 0 Å². The summed E-state index contributed by atoms with van der Waals surface area (Å²) in [5, 5.41) is 0. The topological polar surface area (TPSA) is 345 Å². The highest BCUT2D eigenvalue weighted by atomic mass is 32.2. The molecule has 5 N–H and O–H groups in total. The number of sulfonamides is 2. The van der Waals surface area contributed by atoms with Crippen LogP contribution >= 0.6 is 0 Å². The number of aromatic nitrogens is 8. The summed E-state index contributed by atoms with van der Waals surface area (Å²) in [4.78, 5) is 57.8. The lowest BCUT2D eigenvalue weighted by atomic mass is 10.1. The molecule has 1 saturated carbocycles. The molecule has 1 saturated heterocycles. The van der Waals surface area contributed by atoms with Crippen LogP contribution in [0.3, 0.4) is 0 Å². The maximum absolute atomic E-state index is 14.3. The zero-order valence-electron chi connectivity index (χ0n) is 66.1. The molecule has 0 unspecified atom stereocenters. The number of nitrogens with zero attached hydrogens (tertiary/aromatic N) is 5. The Morgan fingerprint density at radius 3 is 1.42 bits per heavy atom. The van der Waals surface area contributed by atoms with Crippen molar-refractivity contribution >= 4 is 67.5 Å². The number of nitrogens with one attached hydrogen (secondary N) is 5. The molecule has 6 aromatic carbocycles. The van der Waals surface area contributed by atoms with Crippen molar-refractivity contribution in [2.45, 2.75) is 100 Å². The number of sulfone groups is 2. The van der Waals surface area contributed by atoms with E-state index in [2.05, 4.69) is 24.4 Å². The number of aromatic amines is 3. The number of hydrogen-bond acceptors (Lipinski definition) is 17. The zero-order valence-corrected chi connectivity index (χ0v) is 69.4. The Hall–Kier alpha value is -12.1. The highest BCUT2D eigenvalue weighted by molar-refractivity contribution is 7.92. The van der Waals surface area contributed by atoms with E-state index in [1.54, 1.807) is 150 Å². The van der Waals surface area contributed by atoms with Crippen molar-refractivity contribution < 1.29 is 66.1 Å². The van der Waals surface area contributed by atoms with Gasteiger partial charge in [-0.2, -0.15) is 0 Å². The molecule has 27 nitrogen and oxygen atoms in total. The number of hydrogen-bond donors (Lipinski definition) is 5. The molecule has 1 aliphatic carbocycles. The molecule has 0 atom stereocenters. The fourth-order valence-electron chi connectivity index (χ4n) is 13.8. The molecule has 0 bridgehead atoms. The molecule has 1 aliphatic heterocycles. The van der Waals surface area contributed by atoms with Crippen LogP contribution in [-0.4, -0.2) is 121 Å². The van der Waals surface area contributed by atoms with Gasteiger partial charge in [0.15, 0.2) is 31.2 Å². The van der Waals surface area contributed by atoms with Crippen molar-refractivity contribution in [1.82, 2.24) is 41.8 Å². The molecule has 616 valence electrons. The molecular formula is C85H86F2N10O17S4. The van der Waals surface area contributed by atoms with Crippen molar-refractivity contribution in [3.63, 3.8) is 0 Å². The van der Waals surface area contributed by atoms with E-state index in [4.69, 9.17) is 23.7 Å². The average Bonchev–Trinajstić information content (AvgIpc) is 1.64. The first-order valence-electron chi connectivity index (χ1n) is 37.3. The average molecular weight is 1690 g/mol. The Balaban J connectivity index is 0.000000137. The van der Waals surface area contributed by atoms with E-state index >= 15 is 0 Å². The predicted molar refractivity (Wildman–Crippen MR) is 448 cm³/mol. The Bertz CT molecular complexity index is 6970. The number of H-pyrrole nitrogens is 3. The third kappa shape index (κ3) is 18.9. The zero-order chi connectivity index (χ0) is 84.7. The number of anilines is 1. The van der Waals surface area contributed by atoms with E-state index < -0.39 is 56.9 Å². The van der Waals surface area contributed by atoms with E-state index in [1.165, 1.54) is 54.3 Å². The summed E-state index contributed by atoms with van der Waals surface area (Å²) >= 11 is 0. The van der Waals surface area contributed by atoms with Crippen molar-refractivity contribution in [3.05, 3.63) is 270 Å². The van der Waals surface area contributed by atoms with Gasteiger partial charge in [-0.3, -0.25) is 23.9 Å². The van der Waals surface area contributed by atoms with E-state index in [-0.39, 0.29) is 54.5 Å². The van der Waals surface area contributed by atoms with Crippen molar-refractivity contribution in [2.24, 2.45) is 13.0 Å². The summed E-state index contributed by atoms with van der Waals surface area (Å²) in [7, 11) is -12.4. The predicted octanol–water partition coefficient (Wildman–Crippen LogP) is 13.9. The van der Waals surface area contributed by atoms with Gasteiger partial charge < -0.3 is 60.8 Å². The van der Waals surface area contributed by atoms with Crippen molar-refractivity contribution in [2.75, 3.05) is 43.3 Å². The molecule has 2 fully saturated rings. The largest absolute Gasteiger partial charge is 0.493 e. The second kappa shape index (κ2) is 33.5. The van der Waals surface area contributed by atoms with Gasteiger partial charge in [0.1, 0.15) is 62.7 Å². The van der Waals surface area contributed by atoms with Gasteiger partial charge in [0.2, 0.25) is 20.0 Å². The highest BCUT2D eigenvalue weighted by Gasteiger charge is 2.29. The van der Waals surface area contributed by atoms with Crippen LogP contribution in [0.5, 0.6) is 34.5 Å². The molecule has 8 aromatic heterocycles. The molecule has 2 aliphatic rings. The number of halogens is 2. The lowest BCUT2D eigenvalue weighted by molar-refractivity contribution is 0.0257. The summed E-state index contributed by atoms with van der Waals surface area (Å²) in [6.45, 7) is 14.4. The molecule has 0 spiro atoms. The third-order valence-corrected chi connectivity index (χ3v) is 24.0. The Morgan fingerprint density at radius 1 is 0.483 bits per heavy atom. The highest BCUT2D eigenvalue weighted by Crippen LogP contribution is 2.42. The molecule has 0 radical (unpaired) electrons. The first kappa shape index (κ1) is 83.8. The molecule has 9 heterocycles. The molecule has 118 heavy (non-hydrogen) atoms. The van der Waals surface area contributed by atoms with Gasteiger partial charge in [0, 0.05) is 122 Å². The molecule has 0 amide bonds. The van der Waals surface area contributed by atoms with E-state index in [0.717, 1.165) is 59.3 Å². The van der Waals surface area contributed by atoms with Gasteiger partial charge in [-0.05, 0) is 211 Å². The maximum atomic E-state index is 14.3. The van der Waals surface area contributed by atoms with E-state index in [0.29, 0.717) is 122 Å². The Labute approximate surface area is 678 Å². The quantitative estimate of drug-likeness (QED) is 0.0502. The fourth-order valence-corrected chi connectivity index (χ4v) is 17.1. The molecule has 33 heteroatoms. The number of benzene rings is 6. The summed E-state index contributed by atoms with van der Waals surface area (Å²) in [5.41, 5.74) is 8.86. The lowest BCUT2D eigenvalue weighted by Crippen LogP contribution is -2.40. The monoisotopic (exact) mass is 1680 g/mol. The van der Waals surface area contributed by atoms with Crippen LogP contribution in [0.4, 0.5) is 14.5 Å². The second-order valence-corrected chi connectivity index (χ2v) is 37.5. The summed E-state index contributed by atoms with van der Waals surface area (Å²) in [6.07, 6.45) is 20.6. The summed E-state index contributed by atoms with van der Waals surface area (Å²) in [5.74, 6) is 1.21. The van der Waals surface area contributed by atoms with Gasteiger partial charge in [0.05, 0.1) is 63.5 Å². The lowest BCUT2D eigenvalue weighted by Gasteiger charge is -2.24. The summed E-state index contributed by atoms with van der Waals surface area (Å²) in [6, 6.07) is 38.5. The van der Waals surface area contributed by atoms with Gasteiger partial charge in [-0.1, -0.05) is 18.2 Å². The Kier molecular flexibility index (Phi) is 23.8. The number of fused-ring (bicyclic) bond motifs is 4. The summed E-state index contributed by atoms with van der Waals surface area (Å²) < 4.78 is 168. The van der Waals surface area contributed by atoms with Gasteiger partial charge in [-0.15, -0.1) is 0 Å². The second-order valence-electron chi connectivity index (χ2n) is 30.0. The van der Waals surface area contributed by atoms with Crippen LogP contribution in [-0.2, 0) is 51.5 Å². The van der Waals surface area contributed by atoms with E-state index in [9.17, 15) is 61.6 Å². The Morgan fingerprint density at radius 2 is 0.924 bits per heavy atom. The maximum Gasteiger partial charge on any atom is 0.274 e. The van der Waals surface area contributed by atoms with Crippen LogP contribution < -0.4 is 50.6 Å². The first-order chi connectivity index (χ1) is 55.8. The molecule has 16 rings (SSSR count). The third-order valence-electron chi connectivity index (χ3n) is 19.4. The number of aryl methyl sites for hydroxylation is 5. The van der Waals surface area contributed by atoms with Crippen LogP contribution in [0, 0.1) is 45.2 Å². The van der Waals surface area contributed by atoms with Crippen molar-refractivity contribution in [1.29, 1.82) is 0 Å². The molecular weight excluding hydrogens is 1600 g/mol. The smallest absolute Gasteiger partial charge is 0.274 e. The van der Waals surface area contributed by atoms with Gasteiger partial charge in [-0.25, -0.2) is 47.2 Å². The van der Waals surface area contributed by atoms with Crippen LogP contribution in [0.25, 0.3) is 67.1 Å². The van der Waals surface area contributed by atoms with Gasteiger partial charge in [0.25, 0.3) is 22.2 Å². The number of ether oxygens (including phenoxy) is 5. The molecule has 14 aromatic rings. The van der Waals surface area contributed by atoms with Crippen LogP contribution in [0.1, 0.15) is 68.7 Å². The van der Waals surface area contributed by atoms with Gasteiger partial charge >= 0.3 is 0 Å². The van der Waals surface area contributed by atoms with E-state index in [1.807, 2.05) is 75.5 Å². The van der Waals surface area contributed by atoms with Crippen molar-refractivity contribution in [3.8, 4) is 79.5 Å². The minimum Gasteiger partial charge on any atom is -0.493 e. The fraction of sp³-hybridized carbons (Fsp3) is 0.247. The normalized spacial score (nSPS) is 13.5. The van der Waals surface area contributed by atoms with Crippen LogP contribution in [0.15, 0.2) is 229 Å². The SMILES string of the molecule is Cc1cc(-c2cc(NS(C)(=O)=O)ccc2Oc2ccccc2)n2ccn(C)c(=O)c12.Cc1cc(-c2cc(S(=O)(=O)NC(C)(C)C)ccc2Oc2ccc(F)cc2F)n2cc[nH]c(=O)c12.Cc1cc(-c2cc(S(C)(=O)=O)ccc2OC2CCOCC2)n2cc[nH]c(=O)c12.Cc1cc(-c2cc(S(C)(=O)=O)ccc2OCC2CC2)n2cc[nH]c(=O)c12. The minimum atomic E-state index is -3.91. The number of para-hydroxylation sites is 1. The first-order valence-corrected chi connectivity index (χ1v) is 44.4.